The number of carbonyl (C=O) groups excluding carboxylic acids is 1. The topological polar surface area (TPSA) is 69.9 Å². The molecule has 8 heteroatoms. The number of halogens is 1. The van der Waals surface area contributed by atoms with Gasteiger partial charge in [-0.1, -0.05) is 77.5 Å². The number of ether oxygens (including phenoxy) is 2. The van der Waals surface area contributed by atoms with Crippen molar-refractivity contribution >= 4 is 40.7 Å². The Labute approximate surface area is 222 Å². The van der Waals surface area contributed by atoms with Gasteiger partial charge in [-0.25, -0.2) is 9.79 Å². The Morgan fingerprint density at radius 1 is 1.05 bits per heavy atom. The first-order valence-electron chi connectivity index (χ1n) is 11.7. The van der Waals surface area contributed by atoms with Crippen LogP contribution in [0.5, 0.6) is 5.75 Å². The number of methoxy groups -OCH3 is 1. The van der Waals surface area contributed by atoms with Crippen LogP contribution < -0.4 is 19.6 Å². The number of carbonyl (C=O) groups is 1. The maximum atomic E-state index is 13.8. The molecule has 0 amide bonds. The Balaban J connectivity index is 1.81. The second-order valence-electron chi connectivity index (χ2n) is 8.26. The molecule has 1 aliphatic rings. The molecule has 37 heavy (non-hydrogen) atoms. The van der Waals surface area contributed by atoms with Crippen molar-refractivity contribution in [2.45, 2.75) is 13.0 Å². The van der Waals surface area contributed by atoms with Crippen LogP contribution in [0.25, 0.3) is 11.8 Å². The van der Waals surface area contributed by atoms with E-state index < -0.39 is 12.0 Å². The first-order chi connectivity index (χ1) is 18.0. The van der Waals surface area contributed by atoms with Crippen LogP contribution >= 0.6 is 22.9 Å². The maximum absolute atomic E-state index is 13.8. The molecule has 186 valence electrons. The fraction of sp³-hybridized carbons (Fsp3) is 0.138. The van der Waals surface area contributed by atoms with Crippen molar-refractivity contribution < 1.29 is 14.3 Å². The zero-order valence-electron chi connectivity index (χ0n) is 20.2. The fourth-order valence-corrected chi connectivity index (χ4v) is 5.38. The molecule has 0 N–H and O–H groups in total. The third kappa shape index (κ3) is 4.88. The molecule has 5 rings (SSSR count). The van der Waals surface area contributed by atoms with E-state index in [4.69, 9.17) is 26.1 Å². The van der Waals surface area contributed by atoms with Gasteiger partial charge in [0.25, 0.3) is 5.56 Å². The number of hydrogen-bond donors (Lipinski definition) is 0. The average Bonchev–Trinajstić information content (AvgIpc) is 3.24. The van der Waals surface area contributed by atoms with E-state index >= 15 is 0 Å². The predicted octanol–water partition coefficient (Wildman–Crippen LogP) is 4.60. The van der Waals surface area contributed by atoms with Crippen LogP contribution in [0.1, 0.15) is 29.7 Å². The second-order valence-corrected chi connectivity index (χ2v) is 9.70. The number of aromatic nitrogens is 1. The molecule has 0 aliphatic carbocycles. The minimum absolute atomic E-state index is 0.195. The maximum Gasteiger partial charge on any atom is 0.338 e. The molecule has 0 unspecified atom stereocenters. The molecule has 2 heterocycles. The summed E-state index contributed by atoms with van der Waals surface area (Å²) in [5.41, 5.74) is 2.89. The molecule has 0 fully saturated rings. The zero-order valence-corrected chi connectivity index (χ0v) is 21.8. The van der Waals surface area contributed by atoms with E-state index in [1.807, 2.05) is 72.8 Å². The lowest BCUT2D eigenvalue weighted by atomic mass is 9.93. The van der Waals surface area contributed by atoms with Crippen LogP contribution in [0.4, 0.5) is 0 Å². The van der Waals surface area contributed by atoms with E-state index in [0.29, 0.717) is 31.4 Å². The van der Waals surface area contributed by atoms with Gasteiger partial charge in [0, 0.05) is 10.6 Å². The van der Waals surface area contributed by atoms with Crippen LogP contribution in [0.2, 0.25) is 5.02 Å². The van der Waals surface area contributed by atoms with Gasteiger partial charge in [-0.3, -0.25) is 9.36 Å². The highest BCUT2D eigenvalue weighted by Gasteiger charge is 2.35. The summed E-state index contributed by atoms with van der Waals surface area (Å²) >= 11 is 7.31. The molecule has 1 atom stereocenters. The summed E-state index contributed by atoms with van der Waals surface area (Å²) in [5.74, 6) is 0.154. The van der Waals surface area contributed by atoms with E-state index in [2.05, 4.69) is 0 Å². The lowest BCUT2D eigenvalue weighted by Gasteiger charge is -2.26. The molecule has 1 aliphatic heterocycles. The van der Waals surface area contributed by atoms with Gasteiger partial charge < -0.3 is 9.47 Å². The third-order valence-corrected chi connectivity index (χ3v) is 7.21. The molecular weight excluding hydrogens is 508 g/mol. The van der Waals surface area contributed by atoms with Crippen molar-refractivity contribution in [2.24, 2.45) is 4.99 Å². The normalized spacial score (nSPS) is 15.2. The summed E-state index contributed by atoms with van der Waals surface area (Å²) in [4.78, 5) is 32.6. The quantitative estimate of drug-likeness (QED) is 0.342. The Bertz CT molecular complexity index is 1650. The van der Waals surface area contributed by atoms with Gasteiger partial charge in [-0.05, 0) is 48.4 Å². The first-order valence-corrected chi connectivity index (χ1v) is 12.9. The summed E-state index contributed by atoms with van der Waals surface area (Å²) in [6.07, 6.45) is 1.81. The molecule has 3 aromatic carbocycles. The lowest BCUT2D eigenvalue weighted by Crippen LogP contribution is -2.40. The van der Waals surface area contributed by atoms with Gasteiger partial charge in [0.1, 0.15) is 5.75 Å². The van der Waals surface area contributed by atoms with Crippen LogP contribution in [0.15, 0.2) is 94.2 Å². The van der Waals surface area contributed by atoms with E-state index in [1.54, 1.807) is 30.7 Å². The molecule has 0 radical (unpaired) electrons. The Morgan fingerprint density at radius 2 is 1.76 bits per heavy atom. The number of fused-ring (bicyclic) bond motifs is 1. The predicted molar refractivity (Wildman–Crippen MR) is 146 cm³/mol. The largest absolute Gasteiger partial charge is 0.497 e. The molecule has 0 saturated carbocycles. The highest BCUT2D eigenvalue weighted by molar-refractivity contribution is 7.07. The van der Waals surface area contributed by atoms with Crippen molar-refractivity contribution in [1.29, 1.82) is 0 Å². The number of rotatable bonds is 6. The minimum atomic E-state index is -0.733. The van der Waals surface area contributed by atoms with Crippen LogP contribution in [0.3, 0.4) is 0 Å². The molecule has 6 nitrogen and oxygen atoms in total. The average molecular weight is 531 g/mol. The highest BCUT2D eigenvalue weighted by Crippen LogP contribution is 2.35. The van der Waals surface area contributed by atoms with E-state index in [1.165, 1.54) is 11.3 Å². The molecule has 4 aromatic rings. The number of nitrogens with zero attached hydrogens (tertiary/aromatic N) is 2. The van der Waals surface area contributed by atoms with Crippen LogP contribution in [-0.4, -0.2) is 24.3 Å². The summed E-state index contributed by atoms with van der Waals surface area (Å²) in [7, 11) is 1.59. The van der Waals surface area contributed by atoms with Crippen LogP contribution in [-0.2, 0) is 9.53 Å². The lowest BCUT2D eigenvalue weighted by molar-refractivity contribution is -0.138. The summed E-state index contributed by atoms with van der Waals surface area (Å²) in [6, 6.07) is 23.3. The van der Waals surface area contributed by atoms with Gasteiger partial charge in [-0.15, -0.1) is 0 Å². The zero-order chi connectivity index (χ0) is 25.9. The van der Waals surface area contributed by atoms with Gasteiger partial charge in [0.2, 0.25) is 0 Å². The molecule has 0 spiro atoms. The second kappa shape index (κ2) is 10.6. The van der Waals surface area contributed by atoms with Crippen molar-refractivity contribution in [2.75, 3.05) is 13.7 Å². The minimum Gasteiger partial charge on any atom is -0.497 e. The Morgan fingerprint density at radius 3 is 2.41 bits per heavy atom. The van der Waals surface area contributed by atoms with Crippen molar-refractivity contribution in [3.8, 4) is 5.75 Å². The van der Waals surface area contributed by atoms with E-state index in [-0.39, 0.29) is 12.2 Å². The van der Waals surface area contributed by atoms with Gasteiger partial charge in [0.15, 0.2) is 4.80 Å². The summed E-state index contributed by atoms with van der Waals surface area (Å²) in [6.45, 7) is 1.95. The smallest absolute Gasteiger partial charge is 0.338 e. The summed E-state index contributed by atoms with van der Waals surface area (Å²) in [5, 5.41) is 0.615. The van der Waals surface area contributed by atoms with E-state index in [9.17, 15) is 9.59 Å². The number of benzene rings is 3. The summed E-state index contributed by atoms with van der Waals surface area (Å²) < 4.78 is 12.9. The fourth-order valence-electron chi connectivity index (χ4n) is 4.25. The van der Waals surface area contributed by atoms with Crippen molar-refractivity contribution in [1.82, 2.24) is 4.57 Å². The van der Waals surface area contributed by atoms with Gasteiger partial charge in [-0.2, -0.15) is 0 Å². The molecule has 1 aromatic heterocycles. The molecular formula is C29H23ClN2O4S. The molecule has 0 bridgehead atoms. The van der Waals surface area contributed by atoms with Crippen molar-refractivity contribution in [3.05, 3.63) is 126 Å². The standard InChI is InChI=1S/C29H23ClN2O4S/c1-3-36-28(34)24-25(19-7-5-4-6-8-19)31-29-32(26(24)20-11-15-22(35-2)16-12-20)27(33)23(37-29)17-18-9-13-21(30)14-10-18/h4-17,26H,3H2,1-2H3/b23-17-/t26-/m0/s1. The monoisotopic (exact) mass is 530 g/mol. The Kier molecular flexibility index (Phi) is 7.08. The van der Waals surface area contributed by atoms with Crippen LogP contribution in [0, 0.1) is 0 Å². The van der Waals surface area contributed by atoms with Crippen molar-refractivity contribution in [3.63, 3.8) is 0 Å². The number of hydrogen-bond acceptors (Lipinski definition) is 6. The third-order valence-electron chi connectivity index (χ3n) is 5.97. The highest BCUT2D eigenvalue weighted by atomic mass is 35.5. The Hall–Kier alpha value is -3.94. The van der Waals surface area contributed by atoms with Gasteiger partial charge >= 0.3 is 5.97 Å². The SMILES string of the molecule is CCOC(=O)C1=C(c2ccccc2)N=c2s/c(=C\c3ccc(Cl)cc3)c(=O)n2[C@H]1c1ccc(OC)cc1. The first kappa shape index (κ1) is 24.7. The van der Waals surface area contributed by atoms with Gasteiger partial charge in [0.05, 0.1) is 35.6 Å². The van der Waals surface area contributed by atoms with E-state index in [0.717, 1.165) is 16.7 Å². The number of thiazole rings is 1. The molecule has 0 saturated heterocycles. The number of esters is 1.